The quantitative estimate of drug-likeness (QED) is 0.387. The van der Waals surface area contributed by atoms with E-state index in [1.54, 1.807) is 0 Å². The van der Waals surface area contributed by atoms with Crippen LogP contribution < -0.4 is 0 Å². The second kappa shape index (κ2) is 11.9. The van der Waals surface area contributed by atoms with Crippen LogP contribution in [0.2, 0.25) is 0 Å². The van der Waals surface area contributed by atoms with E-state index in [1.165, 1.54) is 44.9 Å². The SMILES string of the molecule is CCOC(=O)CCCCCCCCC(C)CC. The highest BCUT2D eigenvalue weighted by molar-refractivity contribution is 5.69. The summed E-state index contributed by atoms with van der Waals surface area (Å²) < 4.78 is 4.89. The Hall–Kier alpha value is -0.530. The van der Waals surface area contributed by atoms with Crippen molar-refractivity contribution in [2.45, 2.75) is 78.6 Å². The minimum Gasteiger partial charge on any atom is -0.466 e. The second-order valence-corrected chi connectivity index (χ2v) is 4.98. The second-order valence-electron chi connectivity index (χ2n) is 4.98. The molecule has 2 nitrogen and oxygen atoms in total. The van der Waals surface area contributed by atoms with Crippen molar-refractivity contribution in [2.75, 3.05) is 6.61 Å². The summed E-state index contributed by atoms with van der Waals surface area (Å²) in [4.78, 5) is 11.1. The van der Waals surface area contributed by atoms with E-state index in [9.17, 15) is 4.79 Å². The molecule has 17 heavy (non-hydrogen) atoms. The van der Waals surface area contributed by atoms with Gasteiger partial charge in [-0.1, -0.05) is 58.8 Å². The summed E-state index contributed by atoms with van der Waals surface area (Å²) in [6.07, 6.45) is 10.7. The molecule has 0 bridgehead atoms. The summed E-state index contributed by atoms with van der Waals surface area (Å²) in [5, 5.41) is 0. The normalized spacial score (nSPS) is 12.4. The van der Waals surface area contributed by atoms with Gasteiger partial charge in [0.05, 0.1) is 6.61 Å². The Kier molecular flexibility index (Phi) is 11.6. The van der Waals surface area contributed by atoms with Crippen LogP contribution in [0.1, 0.15) is 78.6 Å². The van der Waals surface area contributed by atoms with Crippen LogP contribution in [0.5, 0.6) is 0 Å². The predicted octanol–water partition coefficient (Wildman–Crippen LogP) is 4.72. The number of hydrogen-bond acceptors (Lipinski definition) is 2. The summed E-state index contributed by atoms with van der Waals surface area (Å²) in [7, 11) is 0. The standard InChI is InChI=1S/C15H30O2/c1-4-14(3)12-10-8-6-7-9-11-13-15(16)17-5-2/h14H,4-13H2,1-3H3. The first-order valence-corrected chi connectivity index (χ1v) is 7.36. The molecule has 0 saturated carbocycles. The van der Waals surface area contributed by atoms with E-state index in [2.05, 4.69) is 13.8 Å². The maximum Gasteiger partial charge on any atom is 0.305 e. The fourth-order valence-corrected chi connectivity index (χ4v) is 1.91. The Morgan fingerprint density at radius 2 is 1.59 bits per heavy atom. The van der Waals surface area contributed by atoms with E-state index >= 15 is 0 Å². The molecule has 0 aromatic rings. The molecule has 102 valence electrons. The zero-order valence-electron chi connectivity index (χ0n) is 12.0. The van der Waals surface area contributed by atoms with Crippen LogP contribution in [-0.2, 0) is 9.53 Å². The van der Waals surface area contributed by atoms with Crippen molar-refractivity contribution in [2.24, 2.45) is 5.92 Å². The molecule has 0 aliphatic rings. The van der Waals surface area contributed by atoms with E-state index in [-0.39, 0.29) is 5.97 Å². The fourth-order valence-electron chi connectivity index (χ4n) is 1.91. The first-order valence-electron chi connectivity index (χ1n) is 7.36. The van der Waals surface area contributed by atoms with Gasteiger partial charge in [-0.2, -0.15) is 0 Å². The van der Waals surface area contributed by atoms with Crippen LogP contribution in [-0.4, -0.2) is 12.6 Å². The Morgan fingerprint density at radius 1 is 1.00 bits per heavy atom. The molecule has 0 aromatic heterocycles. The van der Waals surface area contributed by atoms with Gasteiger partial charge in [0.25, 0.3) is 0 Å². The summed E-state index contributed by atoms with van der Waals surface area (Å²) in [5.41, 5.74) is 0. The maximum absolute atomic E-state index is 11.1. The van der Waals surface area contributed by atoms with Gasteiger partial charge < -0.3 is 4.74 Å². The first kappa shape index (κ1) is 16.5. The van der Waals surface area contributed by atoms with Gasteiger partial charge in [-0.25, -0.2) is 0 Å². The number of carbonyl (C=O) groups is 1. The van der Waals surface area contributed by atoms with Crippen molar-refractivity contribution in [1.29, 1.82) is 0 Å². The van der Waals surface area contributed by atoms with Crippen molar-refractivity contribution in [1.82, 2.24) is 0 Å². The average molecular weight is 242 g/mol. The molecule has 0 aliphatic carbocycles. The molecular weight excluding hydrogens is 212 g/mol. The van der Waals surface area contributed by atoms with E-state index in [0.29, 0.717) is 13.0 Å². The van der Waals surface area contributed by atoms with Gasteiger partial charge in [0.2, 0.25) is 0 Å². The summed E-state index contributed by atoms with van der Waals surface area (Å²) in [6.45, 7) is 6.96. The number of unbranched alkanes of at least 4 members (excludes halogenated alkanes) is 5. The van der Waals surface area contributed by atoms with E-state index < -0.39 is 0 Å². The molecule has 0 spiro atoms. The zero-order chi connectivity index (χ0) is 12.9. The third kappa shape index (κ3) is 11.7. The minimum atomic E-state index is -0.0377. The molecule has 1 atom stereocenters. The fraction of sp³-hybridized carbons (Fsp3) is 0.933. The smallest absolute Gasteiger partial charge is 0.305 e. The summed E-state index contributed by atoms with van der Waals surface area (Å²) in [5.74, 6) is 0.850. The van der Waals surface area contributed by atoms with Crippen LogP contribution in [0, 0.1) is 5.92 Å². The van der Waals surface area contributed by atoms with Crippen LogP contribution in [0.15, 0.2) is 0 Å². The maximum atomic E-state index is 11.1. The van der Waals surface area contributed by atoms with Crippen molar-refractivity contribution < 1.29 is 9.53 Å². The number of rotatable bonds is 11. The third-order valence-corrected chi connectivity index (χ3v) is 3.33. The topological polar surface area (TPSA) is 26.3 Å². The number of hydrogen-bond donors (Lipinski definition) is 0. The lowest BCUT2D eigenvalue weighted by atomic mass is 10.00. The van der Waals surface area contributed by atoms with E-state index in [1.807, 2.05) is 6.92 Å². The van der Waals surface area contributed by atoms with Crippen molar-refractivity contribution in [3.63, 3.8) is 0 Å². The zero-order valence-corrected chi connectivity index (χ0v) is 12.0. The Labute approximate surface area is 107 Å². The molecule has 0 aromatic carbocycles. The summed E-state index contributed by atoms with van der Waals surface area (Å²) >= 11 is 0. The number of ether oxygens (including phenoxy) is 1. The van der Waals surface area contributed by atoms with Crippen molar-refractivity contribution in [3.8, 4) is 0 Å². The Balaban J connectivity index is 3.11. The molecule has 1 unspecified atom stereocenters. The molecule has 2 heteroatoms. The molecule has 0 amide bonds. The predicted molar refractivity (Wildman–Crippen MR) is 73.0 cm³/mol. The van der Waals surface area contributed by atoms with Crippen LogP contribution in [0.25, 0.3) is 0 Å². The van der Waals surface area contributed by atoms with Gasteiger partial charge in [0, 0.05) is 6.42 Å². The highest BCUT2D eigenvalue weighted by Crippen LogP contribution is 2.14. The van der Waals surface area contributed by atoms with Crippen LogP contribution in [0.3, 0.4) is 0 Å². The van der Waals surface area contributed by atoms with Gasteiger partial charge in [0.15, 0.2) is 0 Å². The lowest BCUT2D eigenvalue weighted by Gasteiger charge is -2.07. The molecule has 0 aliphatic heterocycles. The van der Waals surface area contributed by atoms with Crippen LogP contribution in [0.4, 0.5) is 0 Å². The molecule has 0 heterocycles. The molecule has 0 N–H and O–H groups in total. The van der Waals surface area contributed by atoms with Crippen LogP contribution >= 0.6 is 0 Å². The van der Waals surface area contributed by atoms with Gasteiger partial charge in [0.1, 0.15) is 0 Å². The van der Waals surface area contributed by atoms with Gasteiger partial charge in [-0.05, 0) is 19.3 Å². The van der Waals surface area contributed by atoms with Gasteiger partial charge >= 0.3 is 5.97 Å². The molecule has 0 rings (SSSR count). The Bertz CT molecular complexity index is 178. The van der Waals surface area contributed by atoms with E-state index in [4.69, 9.17) is 4.74 Å². The first-order chi connectivity index (χ1) is 8.20. The monoisotopic (exact) mass is 242 g/mol. The minimum absolute atomic E-state index is 0.0377. The third-order valence-electron chi connectivity index (χ3n) is 3.33. The average Bonchev–Trinajstić information content (AvgIpc) is 2.32. The Morgan fingerprint density at radius 3 is 2.18 bits per heavy atom. The van der Waals surface area contributed by atoms with E-state index in [0.717, 1.165) is 12.3 Å². The lowest BCUT2D eigenvalue weighted by Crippen LogP contribution is -2.03. The van der Waals surface area contributed by atoms with Crippen molar-refractivity contribution in [3.05, 3.63) is 0 Å². The highest BCUT2D eigenvalue weighted by atomic mass is 16.5. The number of esters is 1. The highest BCUT2D eigenvalue weighted by Gasteiger charge is 2.01. The largest absolute Gasteiger partial charge is 0.466 e. The summed E-state index contributed by atoms with van der Waals surface area (Å²) in [6, 6.07) is 0. The molecular formula is C15H30O2. The molecule has 0 saturated heterocycles. The number of carbonyl (C=O) groups excluding carboxylic acids is 1. The van der Waals surface area contributed by atoms with Gasteiger partial charge in [-0.3, -0.25) is 4.79 Å². The lowest BCUT2D eigenvalue weighted by molar-refractivity contribution is -0.143. The van der Waals surface area contributed by atoms with Crippen molar-refractivity contribution >= 4 is 5.97 Å². The van der Waals surface area contributed by atoms with Gasteiger partial charge in [-0.15, -0.1) is 0 Å². The molecule has 0 fully saturated rings. The molecule has 0 radical (unpaired) electrons.